The standard InChI is InChI=1S/C22H24N6O2/c1-15-4-6-19-16(10-15)8-9-27(19)18-12-26(13-18)22-25-24-20(14-29-2)28(22)17-5-7-21(30-3)23-11-17/h4-11,18H,12-14H2,1-3H3. The average Bonchev–Trinajstić information content (AvgIpc) is 3.32. The molecule has 30 heavy (non-hydrogen) atoms. The van der Waals surface area contributed by atoms with Crippen molar-refractivity contribution >= 4 is 16.9 Å². The van der Waals surface area contributed by atoms with Gasteiger partial charge in [-0.25, -0.2) is 4.98 Å². The molecular weight excluding hydrogens is 380 g/mol. The topological polar surface area (TPSA) is 70.2 Å². The van der Waals surface area contributed by atoms with E-state index < -0.39 is 0 Å². The van der Waals surface area contributed by atoms with E-state index in [1.807, 2.05) is 16.7 Å². The zero-order valence-corrected chi connectivity index (χ0v) is 17.3. The maximum absolute atomic E-state index is 5.33. The quantitative estimate of drug-likeness (QED) is 0.492. The van der Waals surface area contributed by atoms with Crippen molar-refractivity contribution in [1.82, 2.24) is 24.3 Å². The van der Waals surface area contributed by atoms with Crippen LogP contribution in [0, 0.1) is 6.92 Å². The Labute approximate surface area is 174 Å². The summed E-state index contributed by atoms with van der Waals surface area (Å²) >= 11 is 0. The molecule has 0 radical (unpaired) electrons. The lowest BCUT2D eigenvalue weighted by Gasteiger charge is -2.40. The second kappa shape index (κ2) is 7.46. The monoisotopic (exact) mass is 404 g/mol. The first-order chi connectivity index (χ1) is 14.7. The van der Waals surface area contributed by atoms with Crippen molar-refractivity contribution in [2.75, 3.05) is 32.2 Å². The van der Waals surface area contributed by atoms with Crippen molar-refractivity contribution in [1.29, 1.82) is 0 Å². The number of pyridine rings is 1. The summed E-state index contributed by atoms with van der Waals surface area (Å²) in [6.45, 7) is 4.23. The number of hydrogen-bond donors (Lipinski definition) is 0. The summed E-state index contributed by atoms with van der Waals surface area (Å²) < 4.78 is 14.9. The van der Waals surface area contributed by atoms with Crippen LogP contribution in [0.15, 0.2) is 48.8 Å². The lowest BCUT2D eigenvalue weighted by atomic mass is 10.1. The Morgan fingerprint density at radius 3 is 2.67 bits per heavy atom. The molecule has 1 saturated heterocycles. The third-order valence-corrected chi connectivity index (χ3v) is 5.59. The fourth-order valence-electron chi connectivity index (χ4n) is 4.02. The lowest BCUT2D eigenvalue weighted by molar-refractivity contribution is 0.176. The van der Waals surface area contributed by atoms with Crippen LogP contribution in [0.2, 0.25) is 0 Å². The molecule has 0 N–H and O–H groups in total. The van der Waals surface area contributed by atoms with E-state index >= 15 is 0 Å². The fourth-order valence-corrected chi connectivity index (χ4v) is 4.02. The van der Waals surface area contributed by atoms with Gasteiger partial charge in [0.1, 0.15) is 6.61 Å². The van der Waals surface area contributed by atoms with E-state index in [0.29, 0.717) is 18.5 Å². The smallest absolute Gasteiger partial charge is 0.232 e. The molecule has 1 fully saturated rings. The number of methoxy groups -OCH3 is 2. The lowest BCUT2D eigenvalue weighted by Crippen LogP contribution is -2.48. The van der Waals surface area contributed by atoms with Crippen LogP contribution in [0.1, 0.15) is 17.4 Å². The molecule has 0 atom stereocenters. The number of fused-ring (bicyclic) bond motifs is 1. The van der Waals surface area contributed by atoms with Crippen LogP contribution in [0.5, 0.6) is 5.88 Å². The summed E-state index contributed by atoms with van der Waals surface area (Å²) in [5, 5.41) is 10.1. The maximum Gasteiger partial charge on any atom is 0.232 e. The van der Waals surface area contributed by atoms with E-state index in [9.17, 15) is 0 Å². The number of aromatic nitrogens is 5. The van der Waals surface area contributed by atoms with Gasteiger partial charge >= 0.3 is 0 Å². The molecule has 5 rings (SSSR count). The Kier molecular flexibility index (Phi) is 4.63. The van der Waals surface area contributed by atoms with E-state index in [4.69, 9.17) is 9.47 Å². The Hall–Kier alpha value is -3.39. The Morgan fingerprint density at radius 1 is 1.07 bits per heavy atom. The molecule has 0 saturated carbocycles. The highest BCUT2D eigenvalue weighted by Crippen LogP contribution is 2.32. The number of rotatable bonds is 6. The van der Waals surface area contributed by atoms with E-state index in [2.05, 4.69) is 62.0 Å². The third kappa shape index (κ3) is 3.09. The van der Waals surface area contributed by atoms with Gasteiger partial charge in [-0.15, -0.1) is 10.2 Å². The molecule has 0 bridgehead atoms. The van der Waals surface area contributed by atoms with Crippen LogP contribution in [0.3, 0.4) is 0 Å². The second-order valence-electron chi connectivity index (χ2n) is 7.59. The van der Waals surface area contributed by atoms with Crippen molar-refractivity contribution in [2.45, 2.75) is 19.6 Å². The minimum Gasteiger partial charge on any atom is -0.481 e. The minimum atomic E-state index is 0.373. The number of nitrogens with zero attached hydrogens (tertiary/aromatic N) is 6. The van der Waals surface area contributed by atoms with Gasteiger partial charge in [0.05, 0.1) is 25.0 Å². The van der Waals surface area contributed by atoms with E-state index in [-0.39, 0.29) is 0 Å². The minimum absolute atomic E-state index is 0.373. The predicted octanol–water partition coefficient (Wildman–Crippen LogP) is 3.14. The van der Waals surface area contributed by atoms with Gasteiger partial charge in [0.2, 0.25) is 11.8 Å². The van der Waals surface area contributed by atoms with Gasteiger partial charge in [-0.1, -0.05) is 11.6 Å². The van der Waals surface area contributed by atoms with Gasteiger partial charge in [-0.3, -0.25) is 4.57 Å². The van der Waals surface area contributed by atoms with Crippen molar-refractivity contribution in [3.05, 3.63) is 60.2 Å². The summed E-state index contributed by atoms with van der Waals surface area (Å²) in [6, 6.07) is 13.0. The summed E-state index contributed by atoms with van der Waals surface area (Å²) in [4.78, 5) is 6.57. The molecular formula is C22H24N6O2. The predicted molar refractivity (Wildman–Crippen MR) is 114 cm³/mol. The van der Waals surface area contributed by atoms with Gasteiger partial charge in [-0.2, -0.15) is 0 Å². The number of ether oxygens (including phenoxy) is 2. The molecule has 1 aromatic carbocycles. The van der Waals surface area contributed by atoms with Crippen LogP contribution >= 0.6 is 0 Å². The van der Waals surface area contributed by atoms with Crippen LogP contribution < -0.4 is 9.64 Å². The molecule has 4 aromatic rings. The van der Waals surface area contributed by atoms with Gasteiger partial charge in [0.25, 0.3) is 0 Å². The van der Waals surface area contributed by atoms with Crippen molar-refractivity contribution in [3.63, 3.8) is 0 Å². The third-order valence-electron chi connectivity index (χ3n) is 5.59. The van der Waals surface area contributed by atoms with Gasteiger partial charge in [-0.05, 0) is 36.6 Å². The van der Waals surface area contributed by atoms with Gasteiger partial charge in [0, 0.05) is 38.0 Å². The summed E-state index contributed by atoms with van der Waals surface area (Å²) in [5.41, 5.74) is 3.43. The number of aryl methyl sites for hydroxylation is 1. The van der Waals surface area contributed by atoms with Crippen molar-refractivity contribution in [3.8, 4) is 11.6 Å². The normalized spacial score (nSPS) is 14.3. The molecule has 8 heteroatoms. The molecule has 1 aliphatic heterocycles. The molecule has 0 amide bonds. The maximum atomic E-state index is 5.33. The number of hydrogen-bond acceptors (Lipinski definition) is 6. The Bertz CT molecular complexity index is 1170. The van der Waals surface area contributed by atoms with Crippen LogP contribution in [0.4, 0.5) is 5.95 Å². The van der Waals surface area contributed by atoms with E-state index in [1.165, 1.54) is 16.5 Å². The van der Waals surface area contributed by atoms with E-state index in [1.54, 1.807) is 20.4 Å². The van der Waals surface area contributed by atoms with Gasteiger partial charge in [0.15, 0.2) is 5.82 Å². The summed E-state index contributed by atoms with van der Waals surface area (Å²) in [7, 11) is 3.26. The fraction of sp³-hybridized carbons (Fsp3) is 0.318. The zero-order chi connectivity index (χ0) is 20.7. The van der Waals surface area contributed by atoms with Crippen LogP contribution in [-0.2, 0) is 11.3 Å². The molecule has 154 valence electrons. The zero-order valence-electron chi connectivity index (χ0n) is 17.3. The molecule has 0 spiro atoms. The highest BCUT2D eigenvalue weighted by atomic mass is 16.5. The number of benzene rings is 1. The Balaban J connectivity index is 1.42. The summed E-state index contributed by atoms with van der Waals surface area (Å²) in [6.07, 6.45) is 3.95. The first-order valence-corrected chi connectivity index (χ1v) is 9.93. The first-order valence-electron chi connectivity index (χ1n) is 9.93. The van der Waals surface area contributed by atoms with Crippen molar-refractivity contribution in [2.24, 2.45) is 0 Å². The first kappa shape index (κ1) is 18.6. The average molecular weight is 404 g/mol. The molecule has 8 nitrogen and oxygen atoms in total. The molecule has 0 aliphatic carbocycles. The molecule has 4 heterocycles. The van der Waals surface area contributed by atoms with Gasteiger partial charge < -0.3 is 18.9 Å². The van der Waals surface area contributed by atoms with Crippen LogP contribution in [-0.4, -0.2) is 51.6 Å². The van der Waals surface area contributed by atoms with Crippen molar-refractivity contribution < 1.29 is 9.47 Å². The summed E-state index contributed by atoms with van der Waals surface area (Å²) in [5.74, 6) is 2.11. The van der Waals surface area contributed by atoms with E-state index in [0.717, 1.165) is 30.5 Å². The number of anilines is 1. The molecule has 3 aromatic heterocycles. The molecule has 0 unspecified atom stereocenters. The Morgan fingerprint density at radius 2 is 1.93 bits per heavy atom. The second-order valence-corrected chi connectivity index (χ2v) is 7.59. The van der Waals surface area contributed by atoms with Crippen LogP contribution in [0.25, 0.3) is 16.6 Å². The highest BCUT2D eigenvalue weighted by molar-refractivity contribution is 5.81. The largest absolute Gasteiger partial charge is 0.481 e. The SMILES string of the molecule is COCc1nnc(N2CC(n3ccc4cc(C)ccc43)C2)n1-c1ccc(OC)nc1. The highest BCUT2D eigenvalue weighted by Gasteiger charge is 2.33. The molecule has 1 aliphatic rings.